The SMILES string of the molecule is CCOc1ccccc1N1C[C@H](C(=O)OCC(=O)c2ccc(OC)cc2)CC1=O. The van der Waals surface area contributed by atoms with Crippen molar-refractivity contribution in [2.75, 3.05) is 31.8 Å². The number of ketones is 1. The number of methoxy groups -OCH3 is 1. The van der Waals surface area contributed by atoms with Crippen molar-refractivity contribution in [2.24, 2.45) is 5.92 Å². The number of hydrogen-bond donors (Lipinski definition) is 0. The molecule has 2 aromatic carbocycles. The van der Waals surface area contributed by atoms with Crippen molar-refractivity contribution in [1.29, 1.82) is 0 Å². The number of para-hydroxylation sites is 2. The van der Waals surface area contributed by atoms with Gasteiger partial charge >= 0.3 is 5.97 Å². The average Bonchev–Trinajstić information content (AvgIpc) is 3.14. The van der Waals surface area contributed by atoms with Crippen molar-refractivity contribution in [1.82, 2.24) is 0 Å². The third kappa shape index (κ3) is 4.74. The summed E-state index contributed by atoms with van der Waals surface area (Å²) in [5.41, 5.74) is 1.05. The van der Waals surface area contributed by atoms with Gasteiger partial charge in [0.05, 0.1) is 25.3 Å². The van der Waals surface area contributed by atoms with Gasteiger partial charge in [-0.2, -0.15) is 0 Å². The van der Waals surface area contributed by atoms with Gasteiger partial charge in [-0.1, -0.05) is 12.1 Å². The van der Waals surface area contributed by atoms with Crippen molar-refractivity contribution >= 4 is 23.3 Å². The Hall–Kier alpha value is -3.35. The minimum Gasteiger partial charge on any atom is -0.497 e. The van der Waals surface area contributed by atoms with E-state index in [1.54, 1.807) is 36.4 Å². The van der Waals surface area contributed by atoms with Gasteiger partial charge in [0.2, 0.25) is 5.91 Å². The van der Waals surface area contributed by atoms with Gasteiger partial charge in [-0.15, -0.1) is 0 Å². The van der Waals surface area contributed by atoms with Crippen LogP contribution in [0.5, 0.6) is 11.5 Å². The van der Waals surface area contributed by atoms with Gasteiger partial charge in [0.1, 0.15) is 11.5 Å². The highest BCUT2D eigenvalue weighted by atomic mass is 16.5. The maximum atomic E-state index is 12.4. The molecule has 0 spiro atoms. The Morgan fingerprint density at radius 3 is 2.52 bits per heavy atom. The zero-order valence-corrected chi connectivity index (χ0v) is 16.4. The summed E-state index contributed by atoms with van der Waals surface area (Å²) in [5.74, 6) is -0.454. The lowest BCUT2D eigenvalue weighted by atomic mass is 10.1. The topological polar surface area (TPSA) is 82.1 Å². The molecule has 0 unspecified atom stereocenters. The van der Waals surface area contributed by atoms with E-state index >= 15 is 0 Å². The molecule has 7 heteroatoms. The number of amides is 1. The van der Waals surface area contributed by atoms with E-state index in [1.165, 1.54) is 12.0 Å². The summed E-state index contributed by atoms with van der Waals surface area (Å²) in [4.78, 5) is 38.6. The maximum Gasteiger partial charge on any atom is 0.311 e. The summed E-state index contributed by atoms with van der Waals surface area (Å²) in [7, 11) is 1.54. The van der Waals surface area contributed by atoms with Crippen LogP contribution in [0.3, 0.4) is 0 Å². The van der Waals surface area contributed by atoms with Crippen LogP contribution in [0.2, 0.25) is 0 Å². The van der Waals surface area contributed by atoms with E-state index in [0.29, 0.717) is 29.4 Å². The van der Waals surface area contributed by atoms with Crippen LogP contribution < -0.4 is 14.4 Å². The van der Waals surface area contributed by atoms with Crippen LogP contribution in [0.15, 0.2) is 48.5 Å². The number of nitrogens with zero attached hydrogens (tertiary/aromatic N) is 1. The maximum absolute atomic E-state index is 12.4. The van der Waals surface area contributed by atoms with E-state index in [1.807, 2.05) is 19.1 Å². The quantitative estimate of drug-likeness (QED) is 0.503. The monoisotopic (exact) mass is 397 g/mol. The Bertz CT molecular complexity index is 892. The Balaban J connectivity index is 1.59. The molecule has 29 heavy (non-hydrogen) atoms. The number of rotatable bonds is 8. The van der Waals surface area contributed by atoms with Crippen molar-refractivity contribution in [3.05, 3.63) is 54.1 Å². The first-order chi connectivity index (χ1) is 14.0. The van der Waals surface area contributed by atoms with Crippen molar-refractivity contribution in [2.45, 2.75) is 13.3 Å². The predicted octanol–water partition coefficient (Wildman–Crippen LogP) is 2.87. The molecule has 1 saturated heterocycles. The lowest BCUT2D eigenvalue weighted by molar-refractivity contribution is -0.147. The highest BCUT2D eigenvalue weighted by Gasteiger charge is 2.37. The highest BCUT2D eigenvalue weighted by molar-refractivity contribution is 6.01. The second-order valence-electron chi connectivity index (χ2n) is 6.57. The zero-order valence-electron chi connectivity index (χ0n) is 16.4. The summed E-state index contributed by atoms with van der Waals surface area (Å²) in [5, 5.41) is 0. The molecular weight excluding hydrogens is 374 g/mol. The first-order valence-electron chi connectivity index (χ1n) is 9.39. The lowest BCUT2D eigenvalue weighted by Gasteiger charge is -2.19. The van der Waals surface area contributed by atoms with E-state index < -0.39 is 11.9 Å². The van der Waals surface area contributed by atoms with Crippen LogP contribution in [0, 0.1) is 5.92 Å². The van der Waals surface area contributed by atoms with Crippen LogP contribution in [0.1, 0.15) is 23.7 Å². The first-order valence-corrected chi connectivity index (χ1v) is 9.39. The fourth-order valence-electron chi connectivity index (χ4n) is 3.17. The van der Waals surface area contributed by atoms with Crippen LogP contribution in [-0.4, -0.2) is 44.5 Å². The number of carbonyl (C=O) groups is 3. The number of hydrogen-bond acceptors (Lipinski definition) is 6. The molecule has 0 aliphatic carbocycles. The number of benzene rings is 2. The minimum absolute atomic E-state index is 0.0377. The highest BCUT2D eigenvalue weighted by Crippen LogP contribution is 2.33. The van der Waals surface area contributed by atoms with Gasteiger partial charge in [-0.05, 0) is 43.3 Å². The number of anilines is 1. The molecule has 0 saturated carbocycles. The molecule has 1 aliphatic rings. The molecule has 152 valence electrons. The van der Waals surface area contributed by atoms with Gasteiger partial charge in [-0.3, -0.25) is 14.4 Å². The third-order valence-corrected chi connectivity index (χ3v) is 4.67. The molecule has 3 rings (SSSR count). The summed E-state index contributed by atoms with van der Waals surface area (Å²) < 4.78 is 15.8. The standard InChI is InChI=1S/C22H23NO6/c1-3-28-20-7-5-4-6-18(20)23-13-16(12-21(23)25)22(26)29-14-19(24)15-8-10-17(27-2)11-9-15/h4-11,16H,3,12-14H2,1-2H3/t16-/m1/s1. The van der Waals surface area contributed by atoms with E-state index in [0.717, 1.165) is 0 Å². The fourth-order valence-corrected chi connectivity index (χ4v) is 3.17. The van der Waals surface area contributed by atoms with Gasteiger partial charge in [0.15, 0.2) is 12.4 Å². The minimum atomic E-state index is -0.624. The van der Waals surface area contributed by atoms with Crippen molar-refractivity contribution in [3.63, 3.8) is 0 Å². The second-order valence-corrected chi connectivity index (χ2v) is 6.57. The smallest absolute Gasteiger partial charge is 0.311 e. The summed E-state index contributed by atoms with van der Waals surface area (Å²) in [6.45, 7) is 2.16. The Morgan fingerprint density at radius 2 is 1.83 bits per heavy atom. The number of carbonyl (C=O) groups excluding carboxylic acids is 3. The number of esters is 1. The van der Waals surface area contributed by atoms with Crippen LogP contribution in [-0.2, 0) is 14.3 Å². The lowest BCUT2D eigenvalue weighted by Crippen LogP contribution is -2.27. The molecule has 1 heterocycles. The molecule has 0 aromatic heterocycles. The molecule has 0 bridgehead atoms. The van der Waals surface area contributed by atoms with Crippen LogP contribution >= 0.6 is 0 Å². The normalized spacial score (nSPS) is 15.9. The van der Waals surface area contributed by atoms with Gasteiger partial charge in [0.25, 0.3) is 0 Å². The molecule has 1 fully saturated rings. The third-order valence-electron chi connectivity index (χ3n) is 4.67. The molecular formula is C22H23NO6. The number of Topliss-reactive ketones (excluding diaryl/α,β-unsaturated/α-hetero) is 1. The largest absolute Gasteiger partial charge is 0.497 e. The van der Waals surface area contributed by atoms with E-state index in [2.05, 4.69) is 0 Å². The molecule has 1 atom stereocenters. The second kappa shape index (κ2) is 9.23. The molecule has 1 amide bonds. The fraction of sp³-hybridized carbons (Fsp3) is 0.318. The van der Waals surface area contributed by atoms with Crippen molar-refractivity contribution in [3.8, 4) is 11.5 Å². The summed E-state index contributed by atoms with van der Waals surface area (Å²) in [6.07, 6.45) is 0.0377. The Labute approximate surface area is 169 Å². The zero-order chi connectivity index (χ0) is 20.8. The first kappa shape index (κ1) is 20.4. The van der Waals surface area contributed by atoms with E-state index in [9.17, 15) is 14.4 Å². The van der Waals surface area contributed by atoms with Crippen molar-refractivity contribution < 1.29 is 28.6 Å². The predicted molar refractivity (Wildman–Crippen MR) is 106 cm³/mol. The van der Waals surface area contributed by atoms with Gasteiger partial charge < -0.3 is 19.1 Å². The van der Waals surface area contributed by atoms with Crippen LogP contribution in [0.25, 0.3) is 0 Å². The molecule has 0 N–H and O–H groups in total. The van der Waals surface area contributed by atoms with Gasteiger partial charge in [-0.25, -0.2) is 0 Å². The van der Waals surface area contributed by atoms with Gasteiger partial charge in [0, 0.05) is 18.5 Å². The Kier molecular flexibility index (Phi) is 6.49. The number of ether oxygens (including phenoxy) is 3. The van der Waals surface area contributed by atoms with Crippen LogP contribution in [0.4, 0.5) is 5.69 Å². The van der Waals surface area contributed by atoms with E-state index in [4.69, 9.17) is 14.2 Å². The average molecular weight is 397 g/mol. The molecule has 1 aliphatic heterocycles. The Morgan fingerprint density at radius 1 is 1.10 bits per heavy atom. The molecule has 2 aromatic rings. The summed E-state index contributed by atoms with van der Waals surface area (Å²) in [6, 6.07) is 13.8. The summed E-state index contributed by atoms with van der Waals surface area (Å²) >= 11 is 0. The molecule has 0 radical (unpaired) electrons. The molecule has 7 nitrogen and oxygen atoms in total. The van der Waals surface area contributed by atoms with E-state index in [-0.39, 0.29) is 31.3 Å².